The van der Waals surface area contributed by atoms with Crippen LogP contribution in [0.25, 0.3) is 0 Å². The van der Waals surface area contributed by atoms with Crippen molar-refractivity contribution >= 4 is 11.5 Å². The second kappa shape index (κ2) is 5.12. The van der Waals surface area contributed by atoms with Gasteiger partial charge in [0.15, 0.2) is 0 Å². The standard InChI is InChI=1S/C16H19N3O/c1-10-8-14-15(9-10)17-11(2)18-16(14)19-12-4-6-13(20-3)7-5-12/h4-7,10H,8-9H2,1-3H3,(H,17,18,19)/t10-/m1/s1. The largest absolute Gasteiger partial charge is 0.497 e. The molecular weight excluding hydrogens is 250 g/mol. The molecule has 0 radical (unpaired) electrons. The normalized spacial score (nSPS) is 16.9. The molecule has 4 nitrogen and oxygen atoms in total. The van der Waals surface area contributed by atoms with Crippen molar-refractivity contribution in [3.8, 4) is 5.75 Å². The van der Waals surface area contributed by atoms with E-state index in [1.807, 2.05) is 31.2 Å². The molecule has 1 aliphatic carbocycles. The fourth-order valence-corrected chi connectivity index (χ4v) is 2.70. The molecule has 104 valence electrons. The number of ether oxygens (including phenoxy) is 1. The predicted molar refractivity (Wildman–Crippen MR) is 79.6 cm³/mol. The molecule has 0 fully saturated rings. The Balaban J connectivity index is 1.90. The van der Waals surface area contributed by atoms with Gasteiger partial charge >= 0.3 is 0 Å². The highest BCUT2D eigenvalue weighted by atomic mass is 16.5. The Morgan fingerprint density at radius 1 is 1.15 bits per heavy atom. The molecule has 0 unspecified atom stereocenters. The fraction of sp³-hybridized carbons (Fsp3) is 0.375. The lowest BCUT2D eigenvalue weighted by atomic mass is 10.1. The highest BCUT2D eigenvalue weighted by Gasteiger charge is 2.23. The van der Waals surface area contributed by atoms with Gasteiger partial charge in [-0.2, -0.15) is 0 Å². The lowest BCUT2D eigenvalue weighted by Crippen LogP contribution is -2.03. The van der Waals surface area contributed by atoms with Crippen molar-refractivity contribution < 1.29 is 4.74 Å². The van der Waals surface area contributed by atoms with Crippen LogP contribution < -0.4 is 10.1 Å². The van der Waals surface area contributed by atoms with E-state index in [0.717, 1.165) is 35.9 Å². The van der Waals surface area contributed by atoms with E-state index >= 15 is 0 Å². The van der Waals surface area contributed by atoms with Gasteiger partial charge in [0.1, 0.15) is 17.4 Å². The average Bonchev–Trinajstić information content (AvgIpc) is 2.80. The van der Waals surface area contributed by atoms with Gasteiger partial charge in [0.05, 0.1) is 7.11 Å². The topological polar surface area (TPSA) is 47.0 Å². The number of fused-ring (bicyclic) bond motifs is 1. The first kappa shape index (κ1) is 12.9. The highest BCUT2D eigenvalue weighted by Crippen LogP contribution is 2.31. The lowest BCUT2D eigenvalue weighted by molar-refractivity contribution is 0.415. The summed E-state index contributed by atoms with van der Waals surface area (Å²) in [4.78, 5) is 9.13. The molecule has 1 aromatic heterocycles. The van der Waals surface area contributed by atoms with Crippen LogP contribution in [0.4, 0.5) is 11.5 Å². The minimum absolute atomic E-state index is 0.650. The third-order valence-electron chi connectivity index (χ3n) is 3.65. The number of hydrogen-bond donors (Lipinski definition) is 1. The molecule has 1 aliphatic rings. The zero-order valence-electron chi connectivity index (χ0n) is 12.1. The first-order valence-corrected chi connectivity index (χ1v) is 6.93. The quantitative estimate of drug-likeness (QED) is 0.929. The van der Waals surface area contributed by atoms with Gasteiger partial charge < -0.3 is 10.1 Å². The van der Waals surface area contributed by atoms with Gasteiger partial charge in [-0.15, -0.1) is 0 Å². The summed E-state index contributed by atoms with van der Waals surface area (Å²) in [6.45, 7) is 4.21. The zero-order chi connectivity index (χ0) is 14.1. The van der Waals surface area contributed by atoms with Crippen LogP contribution in [0.1, 0.15) is 24.0 Å². The maximum Gasteiger partial charge on any atom is 0.137 e. The maximum atomic E-state index is 5.17. The van der Waals surface area contributed by atoms with Crippen LogP contribution in [-0.4, -0.2) is 17.1 Å². The van der Waals surface area contributed by atoms with E-state index in [-0.39, 0.29) is 0 Å². The second-order valence-electron chi connectivity index (χ2n) is 5.41. The second-order valence-corrected chi connectivity index (χ2v) is 5.41. The van der Waals surface area contributed by atoms with E-state index in [0.29, 0.717) is 5.92 Å². The molecule has 0 bridgehead atoms. The van der Waals surface area contributed by atoms with Crippen LogP contribution in [0.2, 0.25) is 0 Å². The van der Waals surface area contributed by atoms with Crippen LogP contribution in [0.5, 0.6) is 5.75 Å². The number of aryl methyl sites for hydroxylation is 1. The molecular formula is C16H19N3O. The molecule has 4 heteroatoms. The highest BCUT2D eigenvalue weighted by molar-refractivity contribution is 5.61. The predicted octanol–water partition coefficient (Wildman–Crippen LogP) is 3.27. The summed E-state index contributed by atoms with van der Waals surface area (Å²) < 4.78 is 5.17. The Morgan fingerprint density at radius 2 is 1.90 bits per heavy atom. The third-order valence-corrected chi connectivity index (χ3v) is 3.65. The number of aromatic nitrogens is 2. The van der Waals surface area contributed by atoms with Crippen LogP contribution in [0.15, 0.2) is 24.3 Å². The monoisotopic (exact) mass is 269 g/mol. The molecule has 0 spiro atoms. The number of nitrogens with one attached hydrogen (secondary N) is 1. The fourth-order valence-electron chi connectivity index (χ4n) is 2.70. The first-order valence-electron chi connectivity index (χ1n) is 6.93. The van der Waals surface area contributed by atoms with E-state index in [1.165, 1.54) is 11.3 Å². The number of nitrogens with zero attached hydrogens (tertiary/aromatic N) is 2. The van der Waals surface area contributed by atoms with Gasteiger partial charge in [-0.1, -0.05) is 6.92 Å². The van der Waals surface area contributed by atoms with Gasteiger partial charge in [0, 0.05) is 16.9 Å². The van der Waals surface area contributed by atoms with Gasteiger partial charge in [-0.3, -0.25) is 0 Å². The van der Waals surface area contributed by atoms with E-state index in [4.69, 9.17) is 4.74 Å². The van der Waals surface area contributed by atoms with Crippen molar-refractivity contribution in [1.82, 2.24) is 9.97 Å². The molecule has 1 aromatic carbocycles. The van der Waals surface area contributed by atoms with Crippen molar-refractivity contribution in [1.29, 1.82) is 0 Å². The number of methoxy groups -OCH3 is 1. The van der Waals surface area contributed by atoms with E-state index < -0.39 is 0 Å². The molecule has 0 saturated carbocycles. The van der Waals surface area contributed by atoms with E-state index in [2.05, 4.69) is 22.2 Å². The average molecular weight is 269 g/mol. The van der Waals surface area contributed by atoms with Crippen molar-refractivity contribution in [3.63, 3.8) is 0 Å². The summed E-state index contributed by atoms with van der Waals surface area (Å²) in [5.41, 5.74) is 3.48. The third kappa shape index (κ3) is 2.46. The molecule has 0 aliphatic heterocycles. The summed E-state index contributed by atoms with van der Waals surface area (Å²) in [6.07, 6.45) is 2.10. The Morgan fingerprint density at radius 3 is 2.60 bits per heavy atom. The summed E-state index contributed by atoms with van der Waals surface area (Å²) in [5, 5.41) is 3.41. The van der Waals surface area contributed by atoms with Crippen LogP contribution >= 0.6 is 0 Å². The summed E-state index contributed by atoms with van der Waals surface area (Å²) in [6, 6.07) is 7.89. The van der Waals surface area contributed by atoms with Gasteiger partial charge in [0.25, 0.3) is 0 Å². The number of hydrogen-bond acceptors (Lipinski definition) is 4. The SMILES string of the molecule is COc1ccc(Nc2nc(C)nc3c2C[C@@H](C)C3)cc1. The van der Waals surface area contributed by atoms with Crippen molar-refractivity contribution in [2.75, 3.05) is 12.4 Å². The number of benzene rings is 1. The Hall–Kier alpha value is -2.10. The van der Waals surface area contributed by atoms with Crippen molar-refractivity contribution in [2.45, 2.75) is 26.7 Å². The number of rotatable bonds is 3. The Labute approximate surface area is 119 Å². The van der Waals surface area contributed by atoms with Crippen LogP contribution in [0, 0.1) is 12.8 Å². The maximum absolute atomic E-state index is 5.17. The van der Waals surface area contributed by atoms with E-state index in [1.54, 1.807) is 7.11 Å². The van der Waals surface area contributed by atoms with Gasteiger partial charge in [-0.05, 0) is 49.9 Å². The molecule has 0 amide bonds. The smallest absolute Gasteiger partial charge is 0.137 e. The van der Waals surface area contributed by atoms with Crippen LogP contribution in [0.3, 0.4) is 0 Å². The Kier molecular flexibility index (Phi) is 3.30. The van der Waals surface area contributed by atoms with Crippen LogP contribution in [-0.2, 0) is 12.8 Å². The molecule has 2 aromatic rings. The van der Waals surface area contributed by atoms with Crippen molar-refractivity contribution in [2.24, 2.45) is 5.92 Å². The van der Waals surface area contributed by atoms with Gasteiger partial charge in [-0.25, -0.2) is 9.97 Å². The zero-order valence-corrected chi connectivity index (χ0v) is 12.1. The minimum atomic E-state index is 0.650. The summed E-state index contributed by atoms with van der Waals surface area (Å²) in [7, 11) is 1.67. The number of anilines is 2. The summed E-state index contributed by atoms with van der Waals surface area (Å²) >= 11 is 0. The molecule has 0 saturated heterocycles. The van der Waals surface area contributed by atoms with Gasteiger partial charge in [0.2, 0.25) is 0 Å². The molecule has 1 atom stereocenters. The van der Waals surface area contributed by atoms with E-state index in [9.17, 15) is 0 Å². The molecule has 3 rings (SSSR count). The lowest BCUT2D eigenvalue weighted by Gasteiger charge is -2.11. The van der Waals surface area contributed by atoms with Crippen molar-refractivity contribution in [3.05, 3.63) is 41.3 Å². The molecule has 20 heavy (non-hydrogen) atoms. The summed E-state index contributed by atoms with van der Waals surface area (Å²) in [5.74, 6) is 3.28. The first-order chi connectivity index (χ1) is 9.65. The molecule has 1 heterocycles. The minimum Gasteiger partial charge on any atom is -0.497 e. The molecule has 1 N–H and O–H groups in total. The Bertz CT molecular complexity index is 622.